The summed E-state index contributed by atoms with van der Waals surface area (Å²) in [6.45, 7) is 5.19. The van der Waals surface area contributed by atoms with Gasteiger partial charge in [-0.1, -0.05) is 38.1 Å². The lowest BCUT2D eigenvalue weighted by Gasteiger charge is -2.23. The highest BCUT2D eigenvalue weighted by Crippen LogP contribution is 2.23. The van der Waals surface area contributed by atoms with Gasteiger partial charge in [0.15, 0.2) is 5.11 Å². The molecule has 0 aliphatic heterocycles. The number of aryl methyl sites for hydroxylation is 2. The number of para-hydroxylation sites is 1. The summed E-state index contributed by atoms with van der Waals surface area (Å²) < 4.78 is 0. The third kappa shape index (κ3) is 4.76. The van der Waals surface area contributed by atoms with Gasteiger partial charge in [-0.2, -0.15) is 0 Å². The zero-order valence-corrected chi connectivity index (χ0v) is 15.0. The van der Waals surface area contributed by atoms with E-state index in [9.17, 15) is 0 Å². The Morgan fingerprint density at radius 2 is 1.78 bits per heavy atom. The average molecular weight is 327 g/mol. The Kier molecular flexibility index (Phi) is 6.53. The molecule has 1 N–H and O–H groups in total. The number of nitrogens with one attached hydrogen (secondary N) is 1. The van der Waals surface area contributed by atoms with Crippen LogP contribution in [0.5, 0.6) is 0 Å². The predicted octanol–water partition coefficient (Wildman–Crippen LogP) is 4.08. The van der Waals surface area contributed by atoms with E-state index in [4.69, 9.17) is 12.2 Å². The van der Waals surface area contributed by atoms with E-state index >= 15 is 0 Å². The molecule has 0 fully saturated rings. The molecule has 2 aromatic rings. The number of rotatable bonds is 6. The molecule has 23 heavy (non-hydrogen) atoms. The van der Waals surface area contributed by atoms with E-state index in [1.165, 1.54) is 16.8 Å². The standard InChI is InChI=1S/C19H25N3S/c1-4-15-9-8-10-16(5-2)18(15)21-19(23)22(3)14-12-17-11-6-7-13-20-17/h6-11,13H,4-5,12,14H2,1-3H3,(H,21,23). The fourth-order valence-corrected chi connectivity index (χ4v) is 2.73. The van der Waals surface area contributed by atoms with Gasteiger partial charge in [0.25, 0.3) is 0 Å². The number of pyridine rings is 1. The lowest BCUT2D eigenvalue weighted by Crippen LogP contribution is -2.33. The van der Waals surface area contributed by atoms with Gasteiger partial charge in [-0.15, -0.1) is 0 Å². The van der Waals surface area contributed by atoms with E-state index < -0.39 is 0 Å². The second-order valence-electron chi connectivity index (χ2n) is 5.58. The first-order valence-corrected chi connectivity index (χ1v) is 8.59. The Labute approximate surface area is 144 Å². The fourth-order valence-electron chi connectivity index (χ4n) is 2.54. The van der Waals surface area contributed by atoms with Crippen LogP contribution in [0.1, 0.15) is 30.7 Å². The van der Waals surface area contributed by atoms with Crippen LogP contribution < -0.4 is 5.32 Å². The van der Waals surface area contributed by atoms with Crippen molar-refractivity contribution in [3.63, 3.8) is 0 Å². The molecule has 0 amide bonds. The molecular weight excluding hydrogens is 302 g/mol. The van der Waals surface area contributed by atoms with Crippen LogP contribution in [0.4, 0.5) is 5.69 Å². The van der Waals surface area contributed by atoms with E-state index in [2.05, 4.69) is 47.2 Å². The van der Waals surface area contributed by atoms with Crippen LogP contribution >= 0.6 is 12.2 Å². The highest BCUT2D eigenvalue weighted by Gasteiger charge is 2.10. The molecule has 0 spiro atoms. The maximum Gasteiger partial charge on any atom is 0.173 e. The molecule has 0 unspecified atom stereocenters. The molecule has 0 atom stereocenters. The normalized spacial score (nSPS) is 10.4. The Morgan fingerprint density at radius 1 is 1.09 bits per heavy atom. The van der Waals surface area contributed by atoms with Crippen molar-refractivity contribution in [1.29, 1.82) is 0 Å². The first-order chi connectivity index (χ1) is 11.2. The van der Waals surface area contributed by atoms with Crippen molar-refractivity contribution in [2.45, 2.75) is 33.1 Å². The third-order valence-electron chi connectivity index (χ3n) is 4.01. The van der Waals surface area contributed by atoms with Gasteiger partial charge in [0.05, 0.1) is 0 Å². The van der Waals surface area contributed by atoms with Crippen LogP contribution in [0.2, 0.25) is 0 Å². The predicted molar refractivity (Wildman–Crippen MR) is 102 cm³/mol. The van der Waals surface area contributed by atoms with Crippen LogP contribution in [0.3, 0.4) is 0 Å². The largest absolute Gasteiger partial charge is 0.352 e. The van der Waals surface area contributed by atoms with Crippen molar-refractivity contribution >= 4 is 23.0 Å². The van der Waals surface area contributed by atoms with Crippen LogP contribution in [0, 0.1) is 0 Å². The number of benzene rings is 1. The van der Waals surface area contributed by atoms with E-state index in [-0.39, 0.29) is 0 Å². The Morgan fingerprint density at radius 3 is 2.35 bits per heavy atom. The van der Waals surface area contributed by atoms with Gasteiger partial charge in [0.2, 0.25) is 0 Å². The second kappa shape index (κ2) is 8.63. The summed E-state index contributed by atoms with van der Waals surface area (Å²) >= 11 is 5.58. The topological polar surface area (TPSA) is 28.2 Å². The lowest BCUT2D eigenvalue weighted by molar-refractivity contribution is 0.512. The zero-order valence-electron chi connectivity index (χ0n) is 14.2. The number of hydrogen-bond acceptors (Lipinski definition) is 2. The molecule has 0 saturated carbocycles. The average Bonchev–Trinajstić information content (AvgIpc) is 2.60. The lowest BCUT2D eigenvalue weighted by atomic mass is 10.0. The van der Waals surface area contributed by atoms with Gasteiger partial charge in [-0.05, 0) is 48.3 Å². The maximum atomic E-state index is 5.58. The highest BCUT2D eigenvalue weighted by molar-refractivity contribution is 7.80. The highest BCUT2D eigenvalue weighted by atomic mass is 32.1. The Balaban J connectivity index is 2.01. The molecule has 0 radical (unpaired) electrons. The summed E-state index contributed by atoms with van der Waals surface area (Å²) in [5.41, 5.74) is 4.88. The molecule has 122 valence electrons. The smallest absolute Gasteiger partial charge is 0.173 e. The quantitative estimate of drug-likeness (QED) is 0.809. The summed E-state index contributed by atoms with van der Waals surface area (Å²) in [5.74, 6) is 0. The number of nitrogens with zero attached hydrogens (tertiary/aromatic N) is 2. The van der Waals surface area contributed by atoms with Gasteiger partial charge in [0, 0.05) is 37.6 Å². The molecule has 0 saturated heterocycles. The van der Waals surface area contributed by atoms with Crippen LogP contribution in [0.25, 0.3) is 0 Å². The molecule has 2 rings (SSSR count). The first kappa shape index (κ1) is 17.4. The molecule has 0 aliphatic rings. The Hall–Kier alpha value is -1.94. The first-order valence-electron chi connectivity index (χ1n) is 8.18. The van der Waals surface area contributed by atoms with Gasteiger partial charge < -0.3 is 10.2 Å². The van der Waals surface area contributed by atoms with Gasteiger partial charge in [0.1, 0.15) is 0 Å². The maximum absolute atomic E-state index is 5.58. The van der Waals surface area contributed by atoms with Crippen LogP contribution in [-0.4, -0.2) is 28.6 Å². The van der Waals surface area contributed by atoms with E-state index in [1.54, 1.807) is 0 Å². The molecular formula is C19H25N3S. The van der Waals surface area contributed by atoms with Crippen molar-refractivity contribution in [3.05, 3.63) is 59.4 Å². The van der Waals surface area contributed by atoms with E-state index in [0.29, 0.717) is 0 Å². The van der Waals surface area contributed by atoms with E-state index in [0.717, 1.165) is 36.6 Å². The van der Waals surface area contributed by atoms with Crippen molar-refractivity contribution in [3.8, 4) is 0 Å². The monoisotopic (exact) mass is 327 g/mol. The van der Waals surface area contributed by atoms with Gasteiger partial charge >= 0.3 is 0 Å². The summed E-state index contributed by atoms with van der Waals surface area (Å²) in [5, 5.41) is 4.21. The Bertz CT molecular complexity index is 618. The van der Waals surface area contributed by atoms with Crippen LogP contribution in [0.15, 0.2) is 42.6 Å². The summed E-state index contributed by atoms with van der Waals surface area (Å²) in [7, 11) is 2.03. The molecule has 1 heterocycles. The summed E-state index contributed by atoms with van der Waals surface area (Å²) in [6.07, 6.45) is 4.71. The van der Waals surface area contributed by atoms with Crippen molar-refractivity contribution in [1.82, 2.24) is 9.88 Å². The van der Waals surface area contributed by atoms with Crippen LogP contribution in [-0.2, 0) is 19.3 Å². The zero-order chi connectivity index (χ0) is 16.7. The number of aromatic nitrogens is 1. The molecule has 0 aliphatic carbocycles. The minimum atomic E-state index is 0.761. The number of thiocarbonyl (C=S) groups is 1. The third-order valence-corrected chi connectivity index (χ3v) is 4.42. The number of hydrogen-bond donors (Lipinski definition) is 1. The fraction of sp³-hybridized carbons (Fsp3) is 0.368. The summed E-state index contributed by atoms with van der Waals surface area (Å²) in [6, 6.07) is 12.5. The van der Waals surface area contributed by atoms with E-state index in [1.807, 2.05) is 31.4 Å². The van der Waals surface area contributed by atoms with Crippen molar-refractivity contribution in [2.75, 3.05) is 18.9 Å². The number of likely N-dealkylation sites (N-methyl/N-ethyl adjacent to an activating group) is 1. The minimum Gasteiger partial charge on any atom is -0.352 e. The molecule has 1 aromatic heterocycles. The second-order valence-corrected chi connectivity index (χ2v) is 5.97. The van der Waals surface area contributed by atoms with Gasteiger partial charge in [-0.3, -0.25) is 4.98 Å². The molecule has 1 aromatic carbocycles. The van der Waals surface area contributed by atoms with Gasteiger partial charge in [-0.25, -0.2) is 0 Å². The SMILES string of the molecule is CCc1cccc(CC)c1NC(=S)N(C)CCc1ccccn1. The molecule has 4 heteroatoms. The van der Waals surface area contributed by atoms with Crippen molar-refractivity contribution < 1.29 is 0 Å². The van der Waals surface area contributed by atoms with Crippen molar-refractivity contribution in [2.24, 2.45) is 0 Å². The molecule has 3 nitrogen and oxygen atoms in total. The minimum absolute atomic E-state index is 0.761. The molecule has 0 bridgehead atoms. The summed E-state index contributed by atoms with van der Waals surface area (Å²) in [4.78, 5) is 6.44. The number of anilines is 1.